The van der Waals surface area contributed by atoms with Crippen LogP contribution in [0.15, 0.2) is 53.0 Å². The molecule has 23 heavy (non-hydrogen) atoms. The largest absolute Gasteiger partial charge is 0.496 e. The molecule has 0 radical (unpaired) electrons. The molecular formula is C16H16BrN3O3. The van der Waals surface area contributed by atoms with Crippen LogP contribution in [0, 0.1) is 0 Å². The summed E-state index contributed by atoms with van der Waals surface area (Å²) in [7, 11) is 1.54. The van der Waals surface area contributed by atoms with Gasteiger partial charge in [-0.1, -0.05) is 18.2 Å². The molecule has 120 valence electrons. The number of rotatable bonds is 5. The molecule has 0 heterocycles. The summed E-state index contributed by atoms with van der Waals surface area (Å²) in [6, 6.07) is 14.2. The number of benzene rings is 2. The first-order chi connectivity index (χ1) is 11.1. The number of halogens is 1. The summed E-state index contributed by atoms with van der Waals surface area (Å²) in [5.41, 5.74) is 5.94. The molecule has 2 aromatic carbocycles. The van der Waals surface area contributed by atoms with Gasteiger partial charge in [-0.15, -0.1) is 0 Å². The Bertz CT molecular complexity index is 692. The number of carbonyl (C=O) groups excluding carboxylic acids is 2. The third-order valence-electron chi connectivity index (χ3n) is 2.96. The van der Waals surface area contributed by atoms with Gasteiger partial charge in [0.1, 0.15) is 5.75 Å². The zero-order valence-corrected chi connectivity index (χ0v) is 14.0. The van der Waals surface area contributed by atoms with Crippen LogP contribution >= 0.6 is 15.9 Å². The maximum atomic E-state index is 12.0. The van der Waals surface area contributed by atoms with E-state index in [-0.39, 0.29) is 12.5 Å². The summed E-state index contributed by atoms with van der Waals surface area (Å²) >= 11 is 3.30. The SMILES string of the molecule is COc1ccc(C(=O)NNC(=O)CNc2ccccc2)cc1Br. The van der Waals surface area contributed by atoms with Crippen molar-refractivity contribution in [2.75, 3.05) is 19.0 Å². The third-order valence-corrected chi connectivity index (χ3v) is 3.58. The molecule has 0 aliphatic rings. The van der Waals surface area contributed by atoms with Crippen LogP contribution in [0.3, 0.4) is 0 Å². The minimum Gasteiger partial charge on any atom is -0.496 e. The number of hydrogen-bond donors (Lipinski definition) is 3. The fraction of sp³-hybridized carbons (Fsp3) is 0.125. The van der Waals surface area contributed by atoms with Crippen molar-refractivity contribution < 1.29 is 14.3 Å². The van der Waals surface area contributed by atoms with Crippen molar-refractivity contribution in [2.24, 2.45) is 0 Å². The topological polar surface area (TPSA) is 79.5 Å². The Kier molecular flexibility index (Phi) is 5.99. The predicted molar refractivity (Wildman–Crippen MR) is 91.2 cm³/mol. The first-order valence-corrected chi connectivity index (χ1v) is 7.61. The molecule has 2 rings (SSSR count). The number of amides is 2. The lowest BCUT2D eigenvalue weighted by Crippen LogP contribution is -2.44. The van der Waals surface area contributed by atoms with Gasteiger partial charge < -0.3 is 10.1 Å². The minimum absolute atomic E-state index is 0.0522. The lowest BCUT2D eigenvalue weighted by Gasteiger charge is -2.10. The minimum atomic E-state index is -0.415. The fourth-order valence-corrected chi connectivity index (χ4v) is 2.33. The molecule has 0 aliphatic carbocycles. The number of hydrogen-bond acceptors (Lipinski definition) is 4. The second-order valence-electron chi connectivity index (χ2n) is 4.57. The number of anilines is 1. The Labute approximate surface area is 142 Å². The van der Waals surface area contributed by atoms with Gasteiger partial charge >= 0.3 is 0 Å². The van der Waals surface area contributed by atoms with E-state index in [9.17, 15) is 9.59 Å². The number of methoxy groups -OCH3 is 1. The molecule has 7 heteroatoms. The van der Waals surface area contributed by atoms with Gasteiger partial charge in [0.15, 0.2) is 0 Å². The smallest absolute Gasteiger partial charge is 0.269 e. The summed E-state index contributed by atoms with van der Waals surface area (Å²) in [5.74, 6) is -0.145. The fourth-order valence-electron chi connectivity index (χ4n) is 1.79. The van der Waals surface area contributed by atoms with Crippen LogP contribution in [0.1, 0.15) is 10.4 Å². The second-order valence-corrected chi connectivity index (χ2v) is 5.43. The van der Waals surface area contributed by atoms with Crippen molar-refractivity contribution in [1.82, 2.24) is 10.9 Å². The van der Waals surface area contributed by atoms with Gasteiger partial charge in [-0.3, -0.25) is 20.4 Å². The average Bonchev–Trinajstić information content (AvgIpc) is 2.58. The van der Waals surface area contributed by atoms with Crippen LogP contribution in [-0.4, -0.2) is 25.5 Å². The molecule has 0 bridgehead atoms. The highest BCUT2D eigenvalue weighted by molar-refractivity contribution is 9.10. The van der Waals surface area contributed by atoms with Gasteiger partial charge in [0.25, 0.3) is 11.8 Å². The van der Waals surface area contributed by atoms with Gasteiger partial charge in [-0.05, 0) is 46.3 Å². The van der Waals surface area contributed by atoms with E-state index in [0.717, 1.165) is 5.69 Å². The van der Waals surface area contributed by atoms with E-state index in [0.29, 0.717) is 15.8 Å². The van der Waals surface area contributed by atoms with E-state index < -0.39 is 5.91 Å². The Morgan fingerprint density at radius 1 is 1.09 bits per heavy atom. The molecule has 0 spiro atoms. The van der Waals surface area contributed by atoms with Gasteiger partial charge in [0, 0.05) is 11.3 Å². The van der Waals surface area contributed by atoms with Crippen LogP contribution in [0.5, 0.6) is 5.75 Å². The first kappa shape index (κ1) is 16.8. The molecule has 0 atom stereocenters. The zero-order valence-electron chi connectivity index (χ0n) is 12.4. The highest BCUT2D eigenvalue weighted by atomic mass is 79.9. The van der Waals surface area contributed by atoms with Crippen molar-refractivity contribution in [3.8, 4) is 5.75 Å². The molecule has 0 aliphatic heterocycles. The van der Waals surface area contributed by atoms with Crippen molar-refractivity contribution in [3.05, 3.63) is 58.6 Å². The molecular weight excluding hydrogens is 362 g/mol. The molecule has 0 saturated carbocycles. The van der Waals surface area contributed by atoms with Crippen LogP contribution in [0.25, 0.3) is 0 Å². The molecule has 0 aromatic heterocycles. The summed E-state index contributed by atoms with van der Waals surface area (Å²) in [4.78, 5) is 23.7. The zero-order chi connectivity index (χ0) is 16.7. The molecule has 2 amide bonds. The van der Waals surface area contributed by atoms with E-state index in [2.05, 4.69) is 32.1 Å². The highest BCUT2D eigenvalue weighted by Gasteiger charge is 2.10. The average molecular weight is 378 g/mol. The number of carbonyl (C=O) groups is 2. The Balaban J connectivity index is 1.81. The third kappa shape index (κ3) is 5.00. The summed E-state index contributed by atoms with van der Waals surface area (Å²) in [5, 5.41) is 2.94. The lowest BCUT2D eigenvalue weighted by molar-refractivity contribution is -0.120. The number of hydrazine groups is 1. The van der Waals surface area contributed by atoms with E-state index in [4.69, 9.17) is 4.74 Å². The van der Waals surface area contributed by atoms with E-state index >= 15 is 0 Å². The second kappa shape index (κ2) is 8.19. The normalized spacial score (nSPS) is 9.83. The molecule has 3 N–H and O–H groups in total. The van der Waals surface area contributed by atoms with Crippen molar-refractivity contribution in [2.45, 2.75) is 0 Å². The molecule has 2 aromatic rings. The summed E-state index contributed by atoms with van der Waals surface area (Å²) in [6.07, 6.45) is 0. The highest BCUT2D eigenvalue weighted by Crippen LogP contribution is 2.25. The van der Waals surface area contributed by atoms with Crippen LogP contribution < -0.4 is 20.9 Å². The number of para-hydroxylation sites is 1. The van der Waals surface area contributed by atoms with Crippen LogP contribution in [-0.2, 0) is 4.79 Å². The van der Waals surface area contributed by atoms with Gasteiger partial charge in [0.2, 0.25) is 0 Å². The Hall–Kier alpha value is -2.54. The number of nitrogens with one attached hydrogen (secondary N) is 3. The van der Waals surface area contributed by atoms with Crippen molar-refractivity contribution >= 4 is 33.4 Å². The van der Waals surface area contributed by atoms with E-state index in [1.54, 1.807) is 25.3 Å². The summed E-state index contributed by atoms with van der Waals surface area (Å²) in [6.45, 7) is 0.0522. The standard InChI is InChI=1S/C16H16BrN3O3/c1-23-14-8-7-11(9-13(14)17)16(22)20-19-15(21)10-18-12-5-3-2-4-6-12/h2-9,18H,10H2,1H3,(H,19,21)(H,20,22). The van der Waals surface area contributed by atoms with Crippen LogP contribution in [0.4, 0.5) is 5.69 Å². The quantitative estimate of drug-likeness (QED) is 0.698. The number of ether oxygens (including phenoxy) is 1. The predicted octanol–water partition coefficient (Wildman–Crippen LogP) is 2.33. The Morgan fingerprint density at radius 2 is 1.83 bits per heavy atom. The molecule has 6 nitrogen and oxygen atoms in total. The monoisotopic (exact) mass is 377 g/mol. The van der Waals surface area contributed by atoms with Gasteiger partial charge in [0.05, 0.1) is 18.1 Å². The molecule has 0 fully saturated rings. The maximum Gasteiger partial charge on any atom is 0.269 e. The van der Waals surface area contributed by atoms with E-state index in [1.807, 2.05) is 30.3 Å². The van der Waals surface area contributed by atoms with Crippen molar-refractivity contribution in [3.63, 3.8) is 0 Å². The maximum absolute atomic E-state index is 12.0. The Morgan fingerprint density at radius 3 is 2.48 bits per heavy atom. The van der Waals surface area contributed by atoms with Crippen LogP contribution in [0.2, 0.25) is 0 Å². The van der Waals surface area contributed by atoms with E-state index in [1.165, 1.54) is 0 Å². The summed E-state index contributed by atoms with van der Waals surface area (Å²) < 4.78 is 5.75. The van der Waals surface area contributed by atoms with Gasteiger partial charge in [-0.2, -0.15) is 0 Å². The molecule has 0 unspecified atom stereocenters. The first-order valence-electron chi connectivity index (χ1n) is 6.82. The molecule has 0 saturated heterocycles. The van der Waals surface area contributed by atoms with Gasteiger partial charge in [-0.25, -0.2) is 0 Å². The lowest BCUT2D eigenvalue weighted by atomic mass is 10.2. The van der Waals surface area contributed by atoms with Crippen molar-refractivity contribution in [1.29, 1.82) is 0 Å².